The van der Waals surface area contributed by atoms with Crippen LogP contribution in [0.15, 0.2) is 18.2 Å². The smallest absolute Gasteiger partial charge is 0.00786 e. The maximum Gasteiger partial charge on any atom is 0.00786 e. The fourth-order valence-corrected chi connectivity index (χ4v) is 2.36. The van der Waals surface area contributed by atoms with Crippen LogP contribution in [-0.2, 0) is 0 Å². The molecule has 0 atom stereocenters. The van der Waals surface area contributed by atoms with Crippen LogP contribution in [0.1, 0.15) is 42.4 Å². The number of nitrogens with one attached hydrogen (secondary N) is 1. The van der Waals surface area contributed by atoms with Gasteiger partial charge in [-0.25, -0.2) is 0 Å². The van der Waals surface area contributed by atoms with Gasteiger partial charge >= 0.3 is 0 Å². The molecule has 1 N–H and O–H groups in total. The molecule has 0 radical (unpaired) electrons. The first-order valence-electron chi connectivity index (χ1n) is 6.01. The van der Waals surface area contributed by atoms with Gasteiger partial charge in [0.25, 0.3) is 0 Å². The number of rotatable bonds is 3. The minimum Gasteiger partial charge on any atom is -0.314 e. The van der Waals surface area contributed by atoms with Crippen LogP contribution in [0.25, 0.3) is 0 Å². The van der Waals surface area contributed by atoms with Crippen molar-refractivity contribution in [3.8, 4) is 0 Å². The molecule has 1 saturated carbocycles. The normalized spacial score (nSPS) is 25.0. The van der Waals surface area contributed by atoms with Gasteiger partial charge in [-0.1, -0.05) is 25.1 Å². The van der Waals surface area contributed by atoms with E-state index in [1.807, 2.05) is 0 Å². The van der Waals surface area contributed by atoms with Crippen LogP contribution in [0, 0.1) is 13.8 Å². The molecular weight excluding hydrogens is 182 g/mol. The molecule has 82 valence electrons. The van der Waals surface area contributed by atoms with Crippen LogP contribution in [0.4, 0.5) is 0 Å². The fraction of sp³-hybridized carbons (Fsp3) is 0.571. The number of hydrogen-bond acceptors (Lipinski definition) is 1. The summed E-state index contributed by atoms with van der Waals surface area (Å²) in [5.74, 6) is 0.799. The van der Waals surface area contributed by atoms with E-state index in [2.05, 4.69) is 44.3 Å². The molecule has 1 fully saturated rings. The van der Waals surface area contributed by atoms with Crippen molar-refractivity contribution >= 4 is 0 Å². The van der Waals surface area contributed by atoms with Crippen LogP contribution in [0.3, 0.4) is 0 Å². The monoisotopic (exact) mass is 203 g/mol. The third kappa shape index (κ3) is 2.23. The van der Waals surface area contributed by atoms with Crippen molar-refractivity contribution in [2.24, 2.45) is 0 Å². The molecule has 0 spiro atoms. The van der Waals surface area contributed by atoms with E-state index in [1.165, 1.54) is 29.5 Å². The molecule has 1 heteroatoms. The molecule has 15 heavy (non-hydrogen) atoms. The largest absolute Gasteiger partial charge is 0.314 e. The third-order valence-corrected chi connectivity index (χ3v) is 3.63. The van der Waals surface area contributed by atoms with E-state index in [1.54, 1.807) is 0 Å². The topological polar surface area (TPSA) is 12.0 Å². The van der Waals surface area contributed by atoms with Crippen molar-refractivity contribution in [1.82, 2.24) is 5.32 Å². The average Bonchev–Trinajstić information content (AvgIpc) is 2.16. The molecule has 0 bridgehead atoms. The molecular formula is C14H21N. The SMILES string of the molecule is CCNC1CC(c2ccc(C)c(C)c2)C1. The Kier molecular flexibility index (Phi) is 3.11. The van der Waals surface area contributed by atoms with Gasteiger partial charge < -0.3 is 5.32 Å². The van der Waals surface area contributed by atoms with Gasteiger partial charge in [0.1, 0.15) is 0 Å². The molecule has 0 amide bonds. The lowest BCUT2D eigenvalue weighted by Gasteiger charge is -2.36. The van der Waals surface area contributed by atoms with Gasteiger partial charge in [0, 0.05) is 6.04 Å². The second-order valence-corrected chi connectivity index (χ2v) is 4.77. The molecule has 0 aromatic heterocycles. The van der Waals surface area contributed by atoms with E-state index in [9.17, 15) is 0 Å². The van der Waals surface area contributed by atoms with Crippen molar-refractivity contribution in [3.05, 3.63) is 34.9 Å². The van der Waals surface area contributed by atoms with E-state index >= 15 is 0 Å². The van der Waals surface area contributed by atoms with Crippen molar-refractivity contribution in [3.63, 3.8) is 0 Å². The lowest BCUT2D eigenvalue weighted by Crippen LogP contribution is -2.39. The Labute approximate surface area is 92.9 Å². The summed E-state index contributed by atoms with van der Waals surface area (Å²) in [6.45, 7) is 7.67. The van der Waals surface area contributed by atoms with E-state index in [0.29, 0.717) is 0 Å². The summed E-state index contributed by atoms with van der Waals surface area (Å²) in [5, 5.41) is 3.51. The second kappa shape index (κ2) is 4.36. The van der Waals surface area contributed by atoms with Gasteiger partial charge in [-0.2, -0.15) is 0 Å². The fourth-order valence-electron chi connectivity index (χ4n) is 2.36. The zero-order valence-corrected chi connectivity index (χ0v) is 10.0. The predicted octanol–water partition coefficient (Wildman–Crippen LogP) is 3.16. The summed E-state index contributed by atoms with van der Waals surface area (Å²) < 4.78 is 0. The molecule has 2 rings (SSSR count). The molecule has 1 aromatic carbocycles. The molecule has 1 nitrogen and oxygen atoms in total. The maximum absolute atomic E-state index is 3.51. The molecule has 1 aliphatic rings. The van der Waals surface area contributed by atoms with Gasteiger partial charge in [0.2, 0.25) is 0 Å². The number of benzene rings is 1. The maximum atomic E-state index is 3.51. The van der Waals surface area contributed by atoms with Crippen molar-refractivity contribution in [2.45, 2.75) is 45.6 Å². The highest BCUT2D eigenvalue weighted by molar-refractivity contribution is 5.33. The van der Waals surface area contributed by atoms with Crippen molar-refractivity contribution < 1.29 is 0 Å². The van der Waals surface area contributed by atoms with Crippen LogP contribution in [-0.4, -0.2) is 12.6 Å². The van der Waals surface area contributed by atoms with E-state index in [4.69, 9.17) is 0 Å². The Morgan fingerprint density at radius 3 is 2.53 bits per heavy atom. The van der Waals surface area contributed by atoms with Gasteiger partial charge in [-0.15, -0.1) is 0 Å². The van der Waals surface area contributed by atoms with Crippen molar-refractivity contribution in [1.29, 1.82) is 0 Å². The zero-order valence-electron chi connectivity index (χ0n) is 10.0. The minimum atomic E-state index is 0.765. The summed E-state index contributed by atoms with van der Waals surface area (Å²) in [6.07, 6.45) is 2.63. The Morgan fingerprint density at radius 1 is 1.20 bits per heavy atom. The summed E-state index contributed by atoms with van der Waals surface area (Å²) in [6, 6.07) is 7.68. The summed E-state index contributed by atoms with van der Waals surface area (Å²) in [4.78, 5) is 0. The Balaban J connectivity index is 1.98. The number of hydrogen-bond donors (Lipinski definition) is 1. The highest BCUT2D eigenvalue weighted by Gasteiger charge is 2.29. The quantitative estimate of drug-likeness (QED) is 0.795. The van der Waals surface area contributed by atoms with Gasteiger partial charge in [-0.3, -0.25) is 0 Å². The predicted molar refractivity (Wildman–Crippen MR) is 65.4 cm³/mol. The molecule has 0 saturated heterocycles. The molecule has 0 aliphatic heterocycles. The van der Waals surface area contributed by atoms with Gasteiger partial charge in [-0.05, 0) is 55.8 Å². The van der Waals surface area contributed by atoms with E-state index < -0.39 is 0 Å². The average molecular weight is 203 g/mol. The Morgan fingerprint density at radius 2 is 1.93 bits per heavy atom. The highest BCUT2D eigenvalue weighted by Crippen LogP contribution is 2.37. The van der Waals surface area contributed by atoms with Gasteiger partial charge in [0.05, 0.1) is 0 Å². The second-order valence-electron chi connectivity index (χ2n) is 4.77. The molecule has 0 unspecified atom stereocenters. The first-order valence-corrected chi connectivity index (χ1v) is 6.01. The third-order valence-electron chi connectivity index (χ3n) is 3.63. The number of aryl methyl sites for hydroxylation is 2. The minimum absolute atomic E-state index is 0.765. The Bertz CT molecular complexity index is 337. The standard InChI is InChI=1S/C14H21N/c1-4-15-14-8-13(9-14)12-6-5-10(2)11(3)7-12/h5-7,13-15H,4,8-9H2,1-3H3. The summed E-state index contributed by atoms with van der Waals surface area (Å²) in [5.41, 5.74) is 4.37. The van der Waals surface area contributed by atoms with Crippen molar-refractivity contribution in [2.75, 3.05) is 6.54 Å². The van der Waals surface area contributed by atoms with Crippen LogP contribution in [0.2, 0.25) is 0 Å². The van der Waals surface area contributed by atoms with E-state index in [0.717, 1.165) is 18.5 Å². The molecule has 1 aromatic rings. The Hall–Kier alpha value is -0.820. The van der Waals surface area contributed by atoms with Crippen LogP contribution in [0.5, 0.6) is 0 Å². The summed E-state index contributed by atoms with van der Waals surface area (Å²) >= 11 is 0. The van der Waals surface area contributed by atoms with Crippen LogP contribution >= 0.6 is 0 Å². The zero-order chi connectivity index (χ0) is 10.8. The highest BCUT2D eigenvalue weighted by atomic mass is 14.9. The molecule has 0 heterocycles. The lowest BCUT2D eigenvalue weighted by molar-refractivity contribution is 0.296. The van der Waals surface area contributed by atoms with Crippen LogP contribution < -0.4 is 5.32 Å². The lowest BCUT2D eigenvalue weighted by atomic mass is 9.75. The molecule has 1 aliphatic carbocycles. The van der Waals surface area contributed by atoms with Gasteiger partial charge in [0.15, 0.2) is 0 Å². The first-order chi connectivity index (χ1) is 7.20. The summed E-state index contributed by atoms with van der Waals surface area (Å²) in [7, 11) is 0. The first kappa shape index (κ1) is 10.7. The van der Waals surface area contributed by atoms with E-state index in [-0.39, 0.29) is 0 Å².